The predicted octanol–water partition coefficient (Wildman–Crippen LogP) is 1.48. The minimum atomic E-state index is -1.11. The number of imidazole rings is 1. The second-order valence-corrected chi connectivity index (χ2v) is 8.60. The zero-order valence-electron chi connectivity index (χ0n) is 22.2. The van der Waals surface area contributed by atoms with Gasteiger partial charge in [0.25, 0.3) is 5.56 Å². The standard InChI is InChI=1S/C25H28FN7O7/c1-31(2)21(34)8-6-5-7-16(30-24(37)39-3)22(35)29-18-12-27-14-32(23(18)36)13-20-28-17-11-15(26)9-10-19(17)33(20)25(38)40-4/h6,8-12,14,16H,5,7,13H2,1-4H3,(H,29,35)(H,30,37)/b8-6+. The molecule has 3 amide bonds. The average Bonchev–Trinajstić information content (AvgIpc) is 3.28. The van der Waals surface area contributed by atoms with E-state index in [-0.39, 0.29) is 47.8 Å². The van der Waals surface area contributed by atoms with Crippen LogP contribution in [0.25, 0.3) is 11.0 Å². The summed E-state index contributed by atoms with van der Waals surface area (Å²) in [6.45, 7) is -0.268. The molecule has 0 bridgehead atoms. The zero-order chi connectivity index (χ0) is 29.4. The number of nitrogens with zero attached hydrogens (tertiary/aromatic N) is 5. The maximum absolute atomic E-state index is 13.7. The molecule has 1 aromatic carbocycles. The van der Waals surface area contributed by atoms with Gasteiger partial charge in [0.15, 0.2) is 0 Å². The highest BCUT2D eigenvalue weighted by Gasteiger charge is 2.23. The van der Waals surface area contributed by atoms with Crippen LogP contribution in [0.4, 0.5) is 19.7 Å². The number of halogens is 1. The number of anilines is 1. The van der Waals surface area contributed by atoms with Crippen LogP contribution < -0.4 is 16.2 Å². The number of ether oxygens (including phenoxy) is 2. The van der Waals surface area contributed by atoms with Crippen LogP contribution in [0.5, 0.6) is 0 Å². The number of methoxy groups -OCH3 is 2. The first kappa shape index (κ1) is 29.5. The average molecular weight is 558 g/mol. The lowest BCUT2D eigenvalue weighted by molar-refractivity contribution is -0.123. The molecule has 0 spiro atoms. The summed E-state index contributed by atoms with van der Waals surface area (Å²) in [6, 6.07) is 2.54. The van der Waals surface area contributed by atoms with Crippen LogP contribution in [-0.4, -0.2) is 82.4 Å². The molecule has 2 N–H and O–H groups in total. The summed E-state index contributed by atoms with van der Waals surface area (Å²) < 4.78 is 25.3. The maximum atomic E-state index is 13.7. The van der Waals surface area contributed by atoms with E-state index >= 15 is 0 Å². The van der Waals surface area contributed by atoms with Gasteiger partial charge in [0.2, 0.25) is 11.8 Å². The lowest BCUT2D eigenvalue weighted by Gasteiger charge is -2.17. The second kappa shape index (κ2) is 13.1. The van der Waals surface area contributed by atoms with Gasteiger partial charge < -0.3 is 25.0 Å². The van der Waals surface area contributed by atoms with E-state index in [0.29, 0.717) is 0 Å². The molecule has 0 aliphatic carbocycles. The van der Waals surface area contributed by atoms with Crippen molar-refractivity contribution in [2.75, 3.05) is 33.6 Å². The summed E-state index contributed by atoms with van der Waals surface area (Å²) in [6.07, 6.45) is 3.87. The van der Waals surface area contributed by atoms with E-state index in [2.05, 4.69) is 25.3 Å². The Morgan fingerprint density at radius 1 is 1.18 bits per heavy atom. The minimum absolute atomic E-state index is 0.0594. The molecule has 0 aliphatic heterocycles. The molecule has 2 aromatic heterocycles. The van der Waals surface area contributed by atoms with Crippen molar-refractivity contribution in [1.29, 1.82) is 0 Å². The largest absolute Gasteiger partial charge is 0.453 e. The number of carbonyl (C=O) groups excluding carboxylic acids is 4. The lowest BCUT2D eigenvalue weighted by Crippen LogP contribution is -2.44. The van der Waals surface area contributed by atoms with Gasteiger partial charge in [0.1, 0.15) is 23.4 Å². The van der Waals surface area contributed by atoms with Crippen molar-refractivity contribution in [3.05, 3.63) is 64.9 Å². The molecular weight excluding hydrogens is 529 g/mol. The van der Waals surface area contributed by atoms with Gasteiger partial charge >= 0.3 is 12.2 Å². The number of amides is 3. The molecule has 3 aromatic rings. The van der Waals surface area contributed by atoms with E-state index in [4.69, 9.17) is 4.74 Å². The molecule has 40 heavy (non-hydrogen) atoms. The van der Waals surface area contributed by atoms with Crippen LogP contribution in [-0.2, 0) is 25.6 Å². The highest BCUT2D eigenvalue weighted by molar-refractivity contribution is 5.96. The number of fused-ring (bicyclic) bond motifs is 1. The number of nitrogens with one attached hydrogen (secondary N) is 2. The van der Waals surface area contributed by atoms with E-state index in [0.717, 1.165) is 34.6 Å². The first-order valence-electron chi connectivity index (χ1n) is 11.9. The molecule has 15 heteroatoms. The van der Waals surface area contributed by atoms with Crippen LogP contribution in [0.1, 0.15) is 18.7 Å². The Labute approximate surface area is 227 Å². The van der Waals surface area contributed by atoms with Crippen molar-refractivity contribution in [2.45, 2.75) is 25.4 Å². The number of alkyl carbamates (subject to hydrolysis) is 1. The van der Waals surface area contributed by atoms with Crippen molar-refractivity contribution >= 4 is 40.7 Å². The Kier molecular flexibility index (Phi) is 9.67. The van der Waals surface area contributed by atoms with Gasteiger partial charge in [-0.1, -0.05) is 6.08 Å². The van der Waals surface area contributed by atoms with Crippen molar-refractivity contribution in [2.24, 2.45) is 0 Å². The topological polar surface area (TPSA) is 167 Å². The number of benzene rings is 1. The van der Waals surface area contributed by atoms with Crippen molar-refractivity contribution in [3.63, 3.8) is 0 Å². The number of rotatable bonds is 9. The Balaban J connectivity index is 1.84. The predicted molar refractivity (Wildman–Crippen MR) is 140 cm³/mol. The van der Waals surface area contributed by atoms with Gasteiger partial charge in [-0.05, 0) is 31.1 Å². The molecule has 0 fully saturated rings. The summed E-state index contributed by atoms with van der Waals surface area (Å²) in [4.78, 5) is 71.7. The number of hydrogen-bond acceptors (Lipinski definition) is 9. The quantitative estimate of drug-likeness (QED) is 0.371. The third-order valence-corrected chi connectivity index (χ3v) is 5.63. The second-order valence-electron chi connectivity index (χ2n) is 8.60. The lowest BCUT2D eigenvalue weighted by atomic mass is 10.1. The molecular formula is C25H28FN7O7. The number of allylic oxidation sites excluding steroid dienone is 1. The zero-order valence-corrected chi connectivity index (χ0v) is 22.2. The van der Waals surface area contributed by atoms with Crippen molar-refractivity contribution in [1.82, 2.24) is 29.3 Å². The third kappa shape index (κ3) is 7.06. The van der Waals surface area contributed by atoms with E-state index in [9.17, 15) is 28.4 Å². The van der Waals surface area contributed by atoms with E-state index in [1.54, 1.807) is 20.2 Å². The molecule has 0 radical (unpaired) electrons. The molecule has 2 heterocycles. The SMILES string of the molecule is COC(=O)NC(CC/C=C/C(=O)N(C)C)C(=O)Nc1cncn(Cc2nc3cc(F)ccc3n2C(=O)OC)c1=O. The fraction of sp³-hybridized carbons (Fsp3) is 0.320. The van der Waals surface area contributed by atoms with Crippen molar-refractivity contribution in [3.8, 4) is 0 Å². The van der Waals surface area contributed by atoms with Crippen LogP contribution >= 0.6 is 0 Å². The van der Waals surface area contributed by atoms with E-state index < -0.39 is 35.5 Å². The first-order valence-corrected chi connectivity index (χ1v) is 11.9. The fourth-order valence-electron chi connectivity index (χ4n) is 3.59. The number of likely N-dealkylation sites (N-methyl/N-ethyl adjacent to an activating group) is 1. The van der Waals surface area contributed by atoms with Crippen LogP contribution in [0.3, 0.4) is 0 Å². The van der Waals surface area contributed by atoms with Crippen LogP contribution in [0.2, 0.25) is 0 Å². The normalized spacial score (nSPS) is 11.7. The van der Waals surface area contributed by atoms with Gasteiger partial charge in [-0.25, -0.2) is 28.5 Å². The summed E-state index contributed by atoms with van der Waals surface area (Å²) in [5.41, 5.74) is -0.462. The number of hydrogen-bond donors (Lipinski definition) is 2. The van der Waals surface area contributed by atoms with Crippen LogP contribution in [0.15, 0.2) is 47.7 Å². The number of carbonyl (C=O) groups is 4. The van der Waals surface area contributed by atoms with Crippen LogP contribution in [0, 0.1) is 5.82 Å². The summed E-state index contributed by atoms with van der Waals surface area (Å²) >= 11 is 0. The van der Waals surface area contributed by atoms with Gasteiger partial charge in [0.05, 0.1) is 44.3 Å². The smallest absolute Gasteiger partial charge is 0.419 e. The molecule has 212 valence electrons. The van der Waals surface area contributed by atoms with E-state index in [1.165, 1.54) is 30.5 Å². The monoisotopic (exact) mass is 557 g/mol. The van der Waals surface area contributed by atoms with Gasteiger partial charge in [-0.2, -0.15) is 0 Å². The molecule has 14 nitrogen and oxygen atoms in total. The molecule has 0 saturated carbocycles. The molecule has 0 saturated heterocycles. The molecule has 0 aliphatic rings. The molecule has 1 atom stereocenters. The Bertz CT molecular complexity index is 1510. The Hall–Kier alpha value is -5.08. The Morgan fingerprint density at radius 3 is 2.60 bits per heavy atom. The van der Waals surface area contributed by atoms with Crippen molar-refractivity contribution < 1.29 is 33.0 Å². The molecule has 1 unspecified atom stereocenters. The van der Waals surface area contributed by atoms with Gasteiger partial charge in [-0.15, -0.1) is 0 Å². The summed E-state index contributed by atoms with van der Waals surface area (Å²) in [5, 5.41) is 4.83. The summed E-state index contributed by atoms with van der Waals surface area (Å²) in [5.74, 6) is -1.48. The highest BCUT2D eigenvalue weighted by Crippen LogP contribution is 2.19. The van der Waals surface area contributed by atoms with Gasteiger partial charge in [0, 0.05) is 20.2 Å². The van der Waals surface area contributed by atoms with E-state index in [1.807, 2.05) is 0 Å². The minimum Gasteiger partial charge on any atom is -0.453 e. The summed E-state index contributed by atoms with van der Waals surface area (Å²) in [7, 11) is 5.48. The first-order chi connectivity index (χ1) is 19.0. The number of aromatic nitrogens is 4. The van der Waals surface area contributed by atoms with Gasteiger partial charge in [-0.3, -0.25) is 19.0 Å². The molecule has 3 rings (SSSR count). The fourth-order valence-corrected chi connectivity index (χ4v) is 3.59. The highest BCUT2D eigenvalue weighted by atomic mass is 19.1. The Morgan fingerprint density at radius 2 is 1.93 bits per heavy atom. The third-order valence-electron chi connectivity index (χ3n) is 5.63. The maximum Gasteiger partial charge on any atom is 0.419 e.